The molecule has 152 valence electrons. The molecule has 31 heavy (non-hydrogen) atoms. The molecular formula is C26H21N3O2. The molecule has 1 aliphatic rings. The summed E-state index contributed by atoms with van der Waals surface area (Å²) in [5.41, 5.74) is 4.92. The van der Waals surface area contributed by atoms with Crippen molar-refractivity contribution in [1.29, 1.82) is 0 Å². The fourth-order valence-electron chi connectivity index (χ4n) is 4.74. The maximum Gasteiger partial charge on any atom is 0.258 e. The summed E-state index contributed by atoms with van der Waals surface area (Å²) in [6.45, 7) is 0.388. The number of benzene rings is 3. The summed E-state index contributed by atoms with van der Waals surface area (Å²) in [5.74, 6) is 0.748. The number of amides is 1. The van der Waals surface area contributed by atoms with Crippen LogP contribution in [0.15, 0.2) is 89.5 Å². The van der Waals surface area contributed by atoms with Crippen LogP contribution in [0.1, 0.15) is 27.8 Å². The predicted octanol–water partition coefficient (Wildman–Crippen LogP) is 5.69. The molecule has 1 N–H and O–H groups in total. The van der Waals surface area contributed by atoms with Crippen LogP contribution in [0, 0.1) is 0 Å². The number of hydrogen-bond donors (Lipinski definition) is 1. The standard InChI is InChI=1S/C26H21N3O2/c1-28-22-13-5-3-10-19(22)24-20(11-6-14-23(24)28)25-27-21-12-4-2-9-18(21)26(30)29(25)16-17-8-7-15-31-17/h2-15,25,27H,16H2,1H3/t25-/m1/s1. The third-order valence-corrected chi connectivity index (χ3v) is 6.19. The van der Waals surface area contributed by atoms with Crippen molar-refractivity contribution in [2.75, 3.05) is 5.32 Å². The molecule has 1 aliphatic heterocycles. The fourth-order valence-corrected chi connectivity index (χ4v) is 4.74. The number of para-hydroxylation sites is 2. The lowest BCUT2D eigenvalue weighted by Crippen LogP contribution is -2.42. The normalized spacial score (nSPS) is 16.0. The Morgan fingerprint density at radius 1 is 0.903 bits per heavy atom. The summed E-state index contributed by atoms with van der Waals surface area (Å²) in [4.78, 5) is 15.4. The van der Waals surface area contributed by atoms with Crippen LogP contribution >= 0.6 is 0 Å². The average molecular weight is 407 g/mol. The van der Waals surface area contributed by atoms with Gasteiger partial charge in [-0.1, -0.05) is 42.5 Å². The van der Waals surface area contributed by atoms with Crippen LogP contribution in [0.5, 0.6) is 0 Å². The number of nitrogens with zero attached hydrogens (tertiary/aromatic N) is 2. The van der Waals surface area contributed by atoms with Crippen LogP contribution in [0.4, 0.5) is 5.69 Å². The molecule has 5 aromatic rings. The predicted molar refractivity (Wildman–Crippen MR) is 122 cm³/mol. The van der Waals surface area contributed by atoms with Crippen LogP contribution in [0.2, 0.25) is 0 Å². The van der Waals surface area contributed by atoms with E-state index in [1.807, 2.05) is 41.3 Å². The van der Waals surface area contributed by atoms with Crippen LogP contribution in [0.3, 0.4) is 0 Å². The van der Waals surface area contributed by atoms with Gasteiger partial charge in [0.05, 0.1) is 18.4 Å². The van der Waals surface area contributed by atoms with Crippen molar-refractivity contribution in [3.05, 3.63) is 102 Å². The molecule has 0 saturated heterocycles. The highest BCUT2D eigenvalue weighted by atomic mass is 16.3. The lowest BCUT2D eigenvalue weighted by Gasteiger charge is -2.38. The molecule has 1 amide bonds. The van der Waals surface area contributed by atoms with Gasteiger partial charge in [-0.05, 0) is 36.4 Å². The molecule has 1 atom stereocenters. The molecule has 0 bridgehead atoms. The van der Waals surface area contributed by atoms with Gasteiger partial charge in [-0.25, -0.2) is 0 Å². The van der Waals surface area contributed by atoms with Gasteiger partial charge in [0, 0.05) is 40.1 Å². The molecule has 6 rings (SSSR count). The van der Waals surface area contributed by atoms with E-state index >= 15 is 0 Å². The van der Waals surface area contributed by atoms with Crippen LogP contribution < -0.4 is 5.32 Å². The van der Waals surface area contributed by atoms with Crippen molar-refractivity contribution < 1.29 is 9.21 Å². The van der Waals surface area contributed by atoms with Crippen molar-refractivity contribution >= 4 is 33.4 Å². The zero-order valence-electron chi connectivity index (χ0n) is 17.1. The molecule has 0 radical (unpaired) electrons. The SMILES string of the molecule is Cn1c2ccccc2c2c([C@@H]3Nc4ccccc4C(=O)N3Cc3ccco3)cccc21. The highest BCUT2D eigenvalue weighted by Gasteiger charge is 2.34. The molecule has 0 spiro atoms. The molecule has 3 aromatic carbocycles. The zero-order valence-corrected chi connectivity index (χ0v) is 17.1. The van der Waals surface area contributed by atoms with Gasteiger partial charge < -0.3 is 19.2 Å². The fraction of sp³-hybridized carbons (Fsp3) is 0.115. The largest absolute Gasteiger partial charge is 0.467 e. The number of fused-ring (bicyclic) bond motifs is 4. The van der Waals surface area contributed by atoms with E-state index in [4.69, 9.17) is 4.42 Å². The minimum atomic E-state index is -0.318. The van der Waals surface area contributed by atoms with Crippen molar-refractivity contribution in [2.45, 2.75) is 12.7 Å². The maximum absolute atomic E-state index is 13.6. The van der Waals surface area contributed by atoms with E-state index < -0.39 is 0 Å². The van der Waals surface area contributed by atoms with Gasteiger partial charge in [0.2, 0.25) is 0 Å². The number of carbonyl (C=O) groups excluding carboxylic acids is 1. The van der Waals surface area contributed by atoms with Gasteiger partial charge >= 0.3 is 0 Å². The molecule has 5 heteroatoms. The Morgan fingerprint density at radius 3 is 2.58 bits per heavy atom. The second-order valence-corrected chi connectivity index (χ2v) is 7.92. The van der Waals surface area contributed by atoms with Gasteiger partial charge in [0.25, 0.3) is 5.91 Å². The smallest absolute Gasteiger partial charge is 0.258 e. The Bertz CT molecular complexity index is 1430. The molecule has 3 heterocycles. The molecule has 5 nitrogen and oxygen atoms in total. The van der Waals surface area contributed by atoms with Gasteiger partial charge in [0.15, 0.2) is 0 Å². The summed E-state index contributed by atoms with van der Waals surface area (Å²) in [6, 6.07) is 26.2. The number of hydrogen-bond acceptors (Lipinski definition) is 3. The number of carbonyl (C=O) groups is 1. The van der Waals surface area contributed by atoms with Crippen LogP contribution in [-0.4, -0.2) is 15.4 Å². The van der Waals surface area contributed by atoms with Crippen molar-refractivity contribution in [3.63, 3.8) is 0 Å². The number of rotatable bonds is 3. The van der Waals surface area contributed by atoms with Gasteiger partial charge in [-0.2, -0.15) is 0 Å². The first kappa shape index (κ1) is 17.8. The Labute approximate surface area is 179 Å². The van der Waals surface area contributed by atoms with E-state index in [1.54, 1.807) is 6.26 Å². The van der Waals surface area contributed by atoms with E-state index in [0.29, 0.717) is 12.1 Å². The second-order valence-electron chi connectivity index (χ2n) is 7.92. The first-order chi connectivity index (χ1) is 15.2. The van der Waals surface area contributed by atoms with Crippen LogP contribution in [-0.2, 0) is 13.6 Å². The van der Waals surface area contributed by atoms with E-state index in [2.05, 4.69) is 59.4 Å². The summed E-state index contributed by atoms with van der Waals surface area (Å²) in [7, 11) is 2.09. The van der Waals surface area contributed by atoms with E-state index in [1.165, 1.54) is 10.9 Å². The summed E-state index contributed by atoms with van der Waals surface area (Å²) < 4.78 is 7.80. The topological polar surface area (TPSA) is 50.4 Å². The second kappa shape index (κ2) is 6.77. The first-order valence-corrected chi connectivity index (χ1v) is 10.4. The number of furan rings is 1. The molecule has 0 aliphatic carbocycles. The quantitative estimate of drug-likeness (QED) is 0.418. The summed E-state index contributed by atoms with van der Waals surface area (Å²) in [5, 5.41) is 5.97. The van der Waals surface area contributed by atoms with Gasteiger partial charge in [0.1, 0.15) is 11.9 Å². The van der Waals surface area contributed by atoms with Crippen molar-refractivity contribution in [2.24, 2.45) is 7.05 Å². The first-order valence-electron chi connectivity index (χ1n) is 10.4. The summed E-state index contributed by atoms with van der Waals surface area (Å²) in [6.07, 6.45) is 1.33. The van der Waals surface area contributed by atoms with Gasteiger partial charge in [-0.15, -0.1) is 0 Å². The maximum atomic E-state index is 13.6. The van der Waals surface area contributed by atoms with E-state index in [9.17, 15) is 4.79 Å². The van der Waals surface area contributed by atoms with Gasteiger partial charge in [-0.3, -0.25) is 4.79 Å². The molecule has 2 aromatic heterocycles. The highest BCUT2D eigenvalue weighted by Crippen LogP contribution is 2.39. The van der Waals surface area contributed by atoms with Crippen molar-refractivity contribution in [1.82, 2.24) is 9.47 Å². The molecule has 0 unspecified atom stereocenters. The third-order valence-electron chi connectivity index (χ3n) is 6.19. The Balaban J connectivity index is 1.59. The monoisotopic (exact) mass is 407 g/mol. The number of nitrogens with one attached hydrogen (secondary N) is 1. The van der Waals surface area contributed by atoms with Crippen molar-refractivity contribution in [3.8, 4) is 0 Å². The number of aromatic nitrogens is 1. The minimum Gasteiger partial charge on any atom is -0.467 e. The van der Waals surface area contributed by atoms with Crippen LogP contribution in [0.25, 0.3) is 21.8 Å². The lowest BCUT2D eigenvalue weighted by atomic mass is 9.99. The highest BCUT2D eigenvalue weighted by molar-refractivity contribution is 6.10. The third kappa shape index (κ3) is 2.66. The molecule has 0 saturated carbocycles. The zero-order chi connectivity index (χ0) is 20.9. The molecule has 0 fully saturated rings. The molecular weight excluding hydrogens is 386 g/mol. The Kier molecular flexibility index (Phi) is 3.90. The number of anilines is 1. The average Bonchev–Trinajstić information content (AvgIpc) is 3.43. The summed E-state index contributed by atoms with van der Waals surface area (Å²) >= 11 is 0. The minimum absolute atomic E-state index is 0.00649. The van der Waals surface area contributed by atoms with E-state index in [0.717, 1.165) is 27.9 Å². The van der Waals surface area contributed by atoms with E-state index in [-0.39, 0.29) is 12.1 Å². The Hall–Kier alpha value is -3.99. The number of aryl methyl sites for hydroxylation is 1. The Morgan fingerprint density at radius 2 is 1.71 bits per heavy atom. The lowest BCUT2D eigenvalue weighted by molar-refractivity contribution is 0.0653.